The third-order valence-electron chi connectivity index (χ3n) is 3.90. The smallest absolute Gasteiger partial charge is 0.234 e. The lowest BCUT2D eigenvalue weighted by atomic mass is 10.2. The van der Waals surface area contributed by atoms with Crippen LogP contribution in [0.4, 0.5) is 10.1 Å². The second-order valence-corrected chi connectivity index (χ2v) is 7.19. The van der Waals surface area contributed by atoms with E-state index in [1.54, 1.807) is 18.2 Å². The summed E-state index contributed by atoms with van der Waals surface area (Å²) >= 11 is 1.24. The number of hydrogen-bond donors (Lipinski definition) is 1. The number of nitrogens with one attached hydrogen (secondary N) is 1. The van der Waals surface area contributed by atoms with Gasteiger partial charge < -0.3 is 10.1 Å². The molecule has 0 aliphatic rings. The molecular weight excluding hydrogens is 391 g/mol. The fourth-order valence-corrected chi connectivity index (χ4v) is 3.36. The van der Waals surface area contributed by atoms with Gasteiger partial charge in [0.25, 0.3) is 0 Å². The Labute approximate surface area is 172 Å². The predicted molar refractivity (Wildman–Crippen MR) is 111 cm³/mol. The number of anilines is 1. The molecule has 0 atom stereocenters. The first-order valence-electron chi connectivity index (χ1n) is 8.96. The van der Waals surface area contributed by atoms with Crippen LogP contribution < -0.4 is 10.1 Å². The average molecular weight is 412 g/mol. The van der Waals surface area contributed by atoms with E-state index < -0.39 is 5.82 Å². The van der Waals surface area contributed by atoms with Crippen molar-refractivity contribution in [2.75, 3.05) is 11.1 Å². The number of thioether (sulfide) groups is 1. The van der Waals surface area contributed by atoms with Crippen molar-refractivity contribution in [1.29, 1.82) is 0 Å². The molecule has 0 unspecified atom stereocenters. The molecule has 0 saturated carbocycles. The molecule has 3 rings (SSSR count). The highest BCUT2D eigenvalue weighted by Crippen LogP contribution is 2.20. The van der Waals surface area contributed by atoms with E-state index in [1.807, 2.05) is 35.8 Å². The minimum atomic E-state index is -0.403. The van der Waals surface area contributed by atoms with Crippen molar-refractivity contribution in [2.45, 2.75) is 25.2 Å². The van der Waals surface area contributed by atoms with Crippen molar-refractivity contribution < 1.29 is 13.9 Å². The second kappa shape index (κ2) is 9.88. The normalized spacial score (nSPS) is 10.6. The van der Waals surface area contributed by atoms with E-state index in [2.05, 4.69) is 22.1 Å². The van der Waals surface area contributed by atoms with Crippen LogP contribution >= 0.6 is 11.8 Å². The fraction of sp³-hybridized carbons (Fsp3) is 0.190. The summed E-state index contributed by atoms with van der Waals surface area (Å²) in [5.74, 6) is 0.844. The molecule has 6 nitrogen and oxygen atoms in total. The molecule has 0 aliphatic heterocycles. The van der Waals surface area contributed by atoms with Crippen molar-refractivity contribution >= 4 is 23.4 Å². The SMILES string of the molecule is C=CCn1c(COc2cccc(C)c2)nnc1SCC(=O)Nc1cccc(F)c1. The number of allylic oxidation sites excluding steroid dienone is 1. The van der Waals surface area contributed by atoms with Gasteiger partial charge in [-0.15, -0.1) is 16.8 Å². The maximum atomic E-state index is 13.2. The van der Waals surface area contributed by atoms with Crippen LogP contribution in [0.3, 0.4) is 0 Å². The van der Waals surface area contributed by atoms with Crippen molar-refractivity contribution in [1.82, 2.24) is 14.8 Å². The van der Waals surface area contributed by atoms with Gasteiger partial charge in [-0.3, -0.25) is 9.36 Å². The van der Waals surface area contributed by atoms with E-state index in [0.717, 1.165) is 11.3 Å². The summed E-state index contributed by atoms with van der Waals surface area (Å²) in [6.07, 6.45) is 1.73. The second-order valence-electron chi connectivity index (χ2n) is 6.25. The van der Waals surface area contributed by atoms with Crippen LogP contribution in [0.5, 0.6) is 5.75 Å². The Kier molecular flexibility index (Phi) is 7.02. The van der Waals surface area contributed by atoms with Crippen LogP contribution in [0.2, 0.25) is 0 Å². The van der Waals surface area contributed by atoms with Gasteiger partial charge in [0.1, 0.15) is 18.2 Å². The number of rotatable bonds is 9. The molecule has 0 radical (unpaired) electrons. The lowest BCUT2D eigenvalue weighted by molar-refractivity contribution is -0.113. The van der Waals surface area contributed by atoms with Crippen LogP contribution in [-0.4, -0.2) is 26.4 Å². The third kappa shape index (κ3) is 5.92. The van der Waals surface area contributed by atoms with E-state index in [4.69, 9.17) is 4.74 Å². The maximum Gasteiger partial charge on any atom is 0.234 e. The number of hydrogen-bond acceptors (Lipinski definition) is 5. The molecule has 150 valence electrons. The number of carbonyl (C=O) groups is 1. The van der Waals surface area contributed by atoms with Crippen molar-refractivity contribution in [3.63, 3.8) is 0 Å². The Morgan fingerprint density at radius 3 is 2.86 bits per heavy atom. The summed E-state index contributed by atoms with van der Waals surface area (Å²) in [4.78, 5) is 12.2. The molecule has 1 N–H and O–H groups in total. The molecule has 0 fully saturated rings. The topological polar surface area (TPSA) is 69.0 Å². The fourth-order valence-electron chi connectivity index (χ4n) is 2.59. The van der Waals surface area contributed by atoms with Crippen LogP contribution in [0.1, 0.15) is 11.4 Å². The Balaban J connectivity index is 1.61. The summed E-state index contributed by atoms with van der Waals surface area (Å²) in [6.45, 7) is 6.51. The van der Waals surface area contributed by atoms with Crippen molar-refractivity contribution in [2.24, 2.45) is 0 Å². The van der Waals surface area contributed by atoms with E-state index >= 15 is 0 Å². The number of amides is 1. The monoisotopic (exact) mass is 412 g/mol. The van der Waals surface area contributed by atoms with Gasteiger partial charge in [-0.2, -0.15) is 0 Å². The van der Waals surface area contributed by atoms with Crippen LogP contribution in [0.25, 0.3) is 0 Å². The van der Waals surface area contributed by atoms with E-state index in [9.17, 15) is 9.18 Å². The highest BCUT2D eigenvalue weighted by atomic mass is 32.2. The summed E-state index contributed by atoms with van der Waals surface area (Å²) < 4.78 is 20.9. The minimum Gasteiger partial charge on any atom is -0.486 e. The number of benzene rings is 2. The van der Waals surface area contributed by atoms with Crippen molar-refractivity contribution in [3.05, 3.63) is 78.4 Å². The first-order valence-corrected chi connectivity index (χ1v) is 9.94. The van der Waals surface area contributed by atoms with Gasteiger partial charge in [0.15, 0.2) is 11.0 Å². The number of carbonyl (C=O) groups excluding carboxylic acids is 1. The van der Waals surface area contributed by atoms with Gasteiger partial charge in [-0.1, -0.05) is 36.0 Å². The van der Waals surface area contributed by atoms with E-state index in [0.29, 0.717) is 23.2 Å². The minimum absolute atomic E-state index is 0.116. The highest BCUT2D eigenvalue weighted by Gasteiger charge is 2.14. The quantitative estimate of drug-likeness (QED) is 0.421. The standard InChI is InChI=1S/C21H21FN4O2S/c1-3-10-26-19(13-28-18-9-4-6-15(2)11-18)24-25-21(26)29-14-20(27)23-17-8-5-7-16(22)12-17/h3-9,11-12H,1,10,13-14H2,2H3,(H,23,27). The summed E-state index contributed by atoms with van der Waals surface area (Å²) in [5, 5.41) is 11.6. The molecule has 8 heteroatoms. The van der Waals surface area contributed by atoms with Gasteiger partial charge in [-0.05, 0) is 42.8 Å². The van der Waals surface area contributed by atoms with Gasteiger partial charge in [0, 0.05) is 12.2 Å². The summed E-state index contributed by atoms with van der Waals surface area (Å²) in [5.41, 5.74) is 1.52. The molecule has 0 aliphatic carbocycles. The lowest BCUT2D eigenvalue weighted by Crippen LogP contribution is -2.15. The predicted octanol–water partition coefficient (Wildman–Crippen LogP) is 4.22. The van der Waals surface area contributed by atoms with Crippen LogP contribution in [0.15, 0.2) is 66.3 Å². The van der Waals surface area contributed by atoms with Gasteiger partial charge in [0.2, 0.25) is 5.91 Å². The Morgan fingerprint density at radius 1 is 1.28 bits per heavy atom. The van der Waals surface area contributed by atoms with Crippen LogP contribution in [0, 0.1) is 12.7 Å². The Morgan fingerprint density at radius 2 is 2.10 bits per heavy atom. The molecule has 2 aromatic carbocycles. The number of halogens is 1. The molecule has 0 saturated heterocycles. The summed E-state index contributed by atoms with van der Waals surface area (Å²) in [6, 6.07) is 13.5. The maximum absolute atomic E-state index is 13.2. The number of ether oxygens (including phenoxy) is 1. The zero-order valence-electron chi connectivity index (χ0n) is 16.0. The first kappa shape index (κ1) is 20.6. The number of aromatic nitrogens is 3. The first-order chi connectivity index (χ1) is 14.0. The average Bonchev–Trinajstić information content (AvgIpc) is 3.07. The molecule has 0 bridgehead atoms. The molecule has 1 heterocycles. The number of nitrogens with zero attached hydrogens (tertiary/aromatic N) is 3. The van der Waals surface area contributed by atoms with Gasteiger partial charge >= 0.3 is 0 Å². The Hall–Kier alpha value is -3.13. The van der Waals surface area contributed by atoms with Gasteiger partial charge in [0.05, 0.1) is 5.75 Å². The molecule has 3 aromatic rings. The zero-order chi connectivity index (χ0) is 20.6. The van der Waals surface area contributed by atoms with E-state index in [1.165, 1.54) is 23.9 Å². The third-order valence-corrected chi connectivity index (χ3v) is 4.87. The molecular formula is C21H21FN4O2S. The van der Waals surface area contributed by atoms with Crippen molar-refractivity contribution in [3.8, 4) is 5.75 Å². The van der Waals surface area contributed by atoms with E-state index in [-0.39, 0.29) is 18.3 Å². The zero-order valence-corrected chi connectivity index (χ0v) is 16.8. The molecule has 0 spiro atoms. The molecule has 1 amide bonds. The molecule has 1 aromatic heterocycles. The van der Waals surface area contributed by atoms with Gasteiger partial charge in [-0.25, -0.2) is 4.39 Å². The number of aryl methyl sites for hydroxylation is 1. The Bertz CT molecular complexity index is 1010. The van der Waals surface area contributed by atoms with Crippen LogP contribution in [-0.2, 0) is 17.9 Å². The largest absolute Gasteiger partial charge is 0.486 e. The highest BCUT2D eigenvalue weighted by molar-refractivity contribution is 7.99. The molecule has 29 heavy (non-hydrogen) atoms. The lowest BCUT2D eigenvalue weighted by Gasteiger charge is -2.10. The summed E-state index contributed by atoms with van der Waals surface area (Å²) in [7, 11) is 0.